The summed E-state index contributed by atoms with van der Waals surface area (Å²) in [6.45, 7) is 0.752. The molecule has 0 atom stereocenters. The minimum absolute atomic E-state index is 0.402. The maximum atomic E-state index is 10.2. The van der Waals surface area contributed by atoms with Gasteiger partial charge in [-0.15, -0.1) is 0 Å². The Bertz CT molecular complexity index is 605. The number of rotatable bonds is 4. The molecule has 0 spiro atoms. The number of hydrogen-bond donors (Lipinski definition) is 2. The molecule has 1 saturated carbocycles. The van der Waals surface area contributed by atoms with Gasteiger partial charge in [0.2, 0.25) is 0 Å². The van der Waals surface area contributed by atoms with E-state index < -0.39 is 0 Å². The van der Waals surface area contributed by atoms with Crippen molar-refractivity contribution in [3.8, 4) is 5.75 Å². The van der Waals surface area contributed by atoms with E-state index in [4.69, 9.17) is 0 Å². The number of thioether (sulfide) groups is 1. The third kappa shape index (κ3) is 3.35. The van der Waals surface area contributed by atoms with E-state index in [1.54, 1.807) is 0 Å². The summed E-state index contributed by atoms with van der Waals surface area (Å²) in [5, 5.41) is 17.0. The van der Waals surface area contributed by atoms with Gasteiger partial charge in [-0.25, -0.2) is 0 Å². The summed E-state index contributed by atoms with van der Waals surface area (Å²) in [6.07, 6.45) is 7.32. The lowest BCUT2D eigenvalue weighted by Crippen LogP contribution is -2.33. The van der Waals surface area contributed by atoms with E-state index in [2.05, 4.69) is 23.7 Å². The monoisotopic (exact) mass is 301 g/mol. The third-order valence-electron chi connectivity index (χ3n) is 4.59. The highest BCUT2D eigenvalue weighted by Gasteiger charge is 2.20. The predicted molar refractivity (Wildman–Crippen MR) is 92.0 cm³/mol. The average Bonchev–Trinajstić information content (AvgIpc) is 2.54. The molecule has 2 N–H and O–H groups in total. The second kappa shape index (κ2) is 6.71. The lowest BCUT2D eigenvalue weighted by molar-refractivity contribution is 0.375. The number of aromatic hydroxyl groups is 1. The molecular formula is C18H23NOS. The fourth-order valence-electron chi connectivity index (χ4n) is 3.26. The number of benzene rings is 2. The Balaban J connectivity index is 1.69. The standard InChI is InChI=1S/C18H23NOS/c1-21-15-9-7-14(8-10-15)19-12-17-16-5-3-2-4-13(16)6-11-18(17)20/h2-6,11,14-15,19-20H,7-10,12H2,1H3. The molecule has 0 saturated heterocycles. The zero-order valence-corrected chi connectivity index (χ0v) is 13.3. The van der Waals surface area contributed by atoms with Crippen molar-refractivity contribution in [1.29, 1.82) is 0 Å². The van der Waals surface area contributed by atoms with Gasteiger partial charge in [0.15, 0.2) is 0 Å². The van der Waals surface area contributed by atoms with E-state index in [0.717, 1.165) is 22.7 Å². The van der Waals surface area contributed by atoms with E-state index in [1.807, 2.05) is 36.0 Å². The summed E-state index contributed by atoms with van der Waals surface area (Å²) in [5.41, 5.74) is 1.03. The number of fused-ring (bicyclic) bond motifs is 1. The highest BCUT2D eigenvalue weighted by molar-refractivity contribution is 7.99. The van der Waals surface area contributed by atoms with Crippen molar-refractivity contribution in [2.75, 3.05) is 6.26 Å². The molecule has 1 aliphatic carbocycles. The zero-order valence-electron chi connectivity index (χ0n) is 12.5. The van der Waals surface area contributed by atoms with Gasteiger partial charge in [-0.05, 0) is 48.8 Å². The van der Waals surface area contributed by atoms with Gasteiger partial charge >= 0.3 is 0 Å². The van der Waals surface area contributed by atoms with Gasteiger partial charge in [0, 0.05) is 23.4 Å². The summed E-state index contributed by atoms with van der Waals surface area (Å²) in [7, 11) is 0. The number of hydrogen-bond acceptors (Lipinski definition) is 3. The Morgan fingerprint density at radius 2 is 1.86 bits per heavy atom. The molecular weight excluding hydrogens is 278 g/mol. The first kappa shape index (κ1) is 14.7. The SMILES string of the molecule is CSC1CCC(NCc2c(O)ccc3ccccc23)CC1. The lowest BCUT2D eigenvalue weighted by Gasteiger charge is -2.28. The van der Waals surface area contributed by atoms with Gasteiger partial charge in [-0.1, -0.05) is 30.3 Å². The molecule has 1 aliphatic rings. The topological polar surface area (TPSA) is 32.3 Å². The van der Waals surface area contributed by atoms with Crippen LogP contribution >= 0.6 is 11.8 Å². The van der Waals surface area contributed by atoms with Gasteiger partial charge in [-0.3, -0.25) is 0 Å². The van der Waals surface area contributed by atoms with Crippen LogP contribution in [0.3, 0.4) is 0 Å². The van der Waals surface area contributed by atoms with Crippen LogP contribution < -0.4 is 5.32 Å². The van der Waals surface area contributed by atoms with Crippen LogP contribution in [-0.2, 0) is 6.54 Å². The van der Waals surface area contributed by atoms with E-state index in [-0.39, 0.29) is 0 Å². The van der Waals surface area contributed by atoms with E-state index in [0.29, 0.717) is 11.8 Å². The Labute approximate surface area is 130 Å². The van der Waals surface area contributed by atoms with Crippen molar-refractivity contribution >= 4 is 22.5 Å². The number of phenolic OH excluding ortho intramolecular Hbond substituents is 1. The molecule has 112 valence electrons. The molecule has 0 heterocycles. The quantitative estimate of drug-likeness (QED) is 0.882. The average molecular weight is 301 g/mol. The highest BCUT2D eigenvalue weighted by atomic mass is 32.2. The summed E-state index contributed by atoms with van der Waals surface area (Å²) in [4.78, 5) is 0. The minimum Gasteiger partial charge on any atom is -0.508 e. The van der Waals surface area contributed by atoms with Crippen LogP contribution in [0.25, 0.3) is 10.8 Å². The second-order valence-electron chi connectivity index (χ2n) is 5.87. The molecule has 1 fully saturated rings. The van der Waals surface area contributed by atoms with Crippen molar-refractivity contribution in [3.63, 3.8) is 0 Å². The van der Waals surface area contributed by atoms with Crippen LogP contribution in [0.15, 0.2) is 36.4 Å². The zero-order chi connectivity index (χ0) is 14.7. The Kier molecular flexibility index (Phi) is 4.71. The molecule has 0 radical (unpaired) electrons. The molecule has 2 aromatic rings. The third-order valence-corrected chi connectivity index (χ3v) is 5.73. The van der Waals surface area contributed by atoms with Crippen molar-refractivity contribution < 1.29 is 5.11 Å². The van der Waals surface area contributed by atoms with Crippen LogP contribution in [0.5, 0.6) is 5.75 Å². The van der Waals surface area contributed by atoms with Gasteiger partial charge < -0.3 is 10.4 Å². The van der Waals surface area contributed by atoms with Crippen molar-refractivity contribution in [2.24, 2.45) is 0 Å². The van der Waals surface area contributed by atoms with Crippen molar-refractivity contribution in [1.82, 2.24) is 5.32 Å². The molecule has 0 aromatic heterocycles. The molecule has 3 rings (SSSR count). The van der Waals surface area contributed by atoms with E-state index in [9.17, 15) is 5.11 Å². The van der Waals surface area contributed by atoms with Gasteiger partial charge in [0.05, 0.1) is 0 Å². The highest BCUT2D eigenvalue weighted by Crippen LogP contribution is 2.29. The minimum atomic E-state index is 0.402. The first-order valence-electron chi connectivity index (χ1n) is 7.73. The molecule has 21 heavy (non-hydrogen) atoms. The second-order valence-corrected chi connectivity index (χ2v) is 7.01. The molecule has 0 bridgehead atoms. The summed E-state index contributed by atoms with van der Waals surface area (Å²) in [5.74, 6) is 0.402. The van der Waals surface area contributed by atoms with Gasteiger partial charge in [-0.2, -0.15) is 11.8 Å². The fraction of sp³-hybridized carbons (Fsp3) is 0.444. The largest absolute Gasteiger partial charge is 0.508 e. The van der Waals surface area contributed by atoms with Crippen LogP contribution in [0.4, 0.5) is 0 Å². The Morgan fingerprint density at radius 3 is 2.62 bits per heavy atom. The fourth-order valence-corrected chi connectivity index (χ4v) is 4.00. The van der Waals surface area contributed by atoms with Gasteiger partial charge in [0.1, 0.15) is 5.75 Å². The summed E-state index contributed by atoms with van der Waals surface area (Å²) >= 11 is 2.00. The maximum Gasteiger partial charge on any atom is 0.120 e. The van der Waals surface area contributed by atoms with Crippen molar-refractivity contribution in [2.45, 2.75) is 43.5 Å². The van der Waals surface area contributed by atoms with Crippen molar-refractivity contribution in [3.05, 3.63) is 42.0 Å². The first-order chi connectivity index (χ1) is 10.3. The molecule has 0 amide bonds. The van der Waals surface area contributed by atoms with Crippen LogP contribution in [0, 0.1) is 0 Å². The molecule has 2 nitrogen and oxygen atoms in total. The number of nitrogens with one attached hydrogen (secondary N) is 1. The Hall–Kier alpha value is -1.19. The maximum absolute atomic E-state index is 10.2. The molecule has 3 heteroatoms. The first-order valence-corrected chi connectivity index (χ1v) is 9.02. The van der Waals surface area contributed by atoms with Crippen LogP contribution in [-0.4, -0.2) is 22.7 Å². The normalized spacial score (nSPS) is 22.5. The predicted octanol–water partition coefficient (Wildman–Crippen LogP) is 4.31. The molecule has 0 aliphatic heterocycles. The van der Waals surface area contributed by atoms with Crippen LogP contribution in [0.1, 0.15) is 31.2 Å². The number of phenols is 1. The van der Waals surface area contributed by atoms with E-state index >= 15 is 0 Å². The molecule has 0 unspecified atom stereocenters. The lowest BCUT2D eigenvalue weighted by atomic mass is 9.94. The summed E-state index contributed by atoms with van der Waals surface area (Å²) in [6, 6.07) is 12.7. The summed E-state index contributed by atoms with van der Waals surface area (Å²) < 4.78 is 0. The smallest absolute Gasteiger partial charge is 0.120 e. The van der Waals surface area contributed by atoms with Crippen LogP contribution in [0.2, 0.25) is 0 Å². The van der Waals surface area contributed by atoms with Gasteiger partial charge in [0.25, 0.3) is 0 Å². The Morgan fingerprint density at radius 1 is 1.10 bits per heavy atom. The molecule has 2 aromatic carbocycles. The van der Waals surface area contributed by atoms with E-state index in [1.165, 1.54) is 31.1 Å².